The quantitative estimate of drug-likeness (QED) is 0.367. The van der Waals surface area contributed by atoms with E-state index in [0.29, 0.717) is 32.5 Å². The SMILES string of the molecule is COc1cc(/C=c2\sc3nc(-c4ccncc4)nn3c2=O)ccc1OCC(=O)Nc1cccc(C)c1. The number of carbonyl (C=O) groups excluding carboxylic acids is 1. The van der Waals surface area contributed by atoms with Gasteiger partial charge in [-0.2, -0.15) is 9.50 Å². The molecule has 5 aromatic rings. The molecule has 0 bridgehead atoms. The van der Waals surface area contributed by atoms with Gasteiger partial charge in [-0.25, -0.2) is 0 Å². The first-order valence-electron chi connectivity index (χ1n) is 11.0. The van der Waals surface area contributed by atoms with Crippen LogP contribution in [0.15, 0.2) is 71.8 Å². The molecule has 10 heteroatoms. The standard InChI is InChI=1S/C26H21N5O4S/c1-16-4-3-5-19(12-16)28-23(32)15-35-20-7-6-17(13-21(20)34-2)14-22-25(33)31-26(36-22)29-24(30-31)18-8-10-27-11-9-18/h3-14H,15H2,1-2H3,(H,28,32)/b22-14-. The zero-order valence-corrected chi connectivity index (χ0v) is 20.3. The van der Waals surface area contributed by atoms with Crippen molar-refractivity contribution in [2.45, 2.75) is 6.92 Å². The lowest BCUT2D eigenvalue weighted by Crippen LogP contribution is -2.23. The van der Waals surface area contributed by atoms with Crippen molar-refractivity contribution in [3.63, 3.8) is 0 Å². The van der Waals surface area contributed by atoms with Crippen molar-refractivity contribution in [2.75, 3.05) is 19.0 Å². The van der Waals surface area contributed by atoms with E-state index in [1.54, 1.807) is 48.8 Å². The number of fused-ring (bicyclic) bond motifs is 1. The first-order valence-corrected chi connectivity index (χ1v) is 11.8. The molecule has 0 aliphatic carbocycles. The van der Waals surface area contributed by atoms with Gasteiger partial charge in [-0.1, -0.05) is 29.5 Å². The lowest BCUT2D eigenvalue weighted by atomic mass is 10.2. The molecule has 3 aromatic heterocycles. The Labute approximate surface area is 209 Å². The number of hydrogen-bond acceptors (Lipinski definition) is 8. The van der Waals surface area contributed by atoms with Gasteiger partial charge in [-0.05, 0) is 60.5 Å². The second kappa shape index (κ2) is 9.96. The fourth-order valence-corrected chi connectivity index (χ4v) is 4.47. The van der Waals surface area contributed by atoms with Crippen LogP contribution >= 0.6 is 11.3 Å². The molecule has 1 amide bonds. The minimum Gasteiger partial charge on any atom is -0.493 e. The van der Waals surface area contributed by atoms with Crippen molar-refractivity contribution < 1.29 is 14.3 Å². The molecule has 2 aromatic carbocycles. The number of benzene rings is 2. The Bertz CT molecular complexity index is 1660. The fraction of sp³-hybridized carbons (Fsp3) is 0.115. The molecular formula is C26H21N5O4S. The van der Waals surface area contributed by atoms with E-state index in [0.717, 1.165) is 16.7 Å². The van der Waals surface area contributed by atoms with Crippen LogP contribution in [-0.4, -0.2) is 39.2 Å². The Balaban J connectivity index is 1.33. The average Bonchev–Trinajstić information content (AvgIpc) is 3.43. The highest BCUT2D eigenvalue weighted by atomic mass is 32.1. The zero-order chi connectivity index (χ0) is 25.1. The van der Waals surface area contributed by atoms with Gasteiger partial charge in [0.25, 0.3) is 11.5 Å². The number of rotatable bonds is 7. The van der Waals surface area contributed by atoms with E-state index in [1.165, 1.54) is 23.0 Å². The second-order valence-corrected chi connectivity index (χ2v) is 8.91. The summed E-state index contributed by atoms with van der Waals surface area (Å²) in [6.45, 7) is 1.78. The fourth-order valence-electron chi connectivity index (χ4n) is 3.56. The molecule has 180 valence electrons. The summed E-state index contributed by atoms with van der Waals surface area (Å²) in [4.78, 5) is 34.1. The number of methoxy groups -OCH3 is 1. The number of thiazole rings is 1. The maximum absolute atomic E-state index is 12.9. The largest absolute Gasteiger partial charge is 0.493 e. The Morgan fingerprint density at radius 3 is 2.69 bits per heavy atom. The van der Waals surface area contributed by atoms with Crippen LogP contribution in [0.25, 0.3) is 22.4 Å². The summed E-state index contributed by atoms with van der Waals surface area (Å²) in [5.41, 5.74) is 3.03. The Morgan fingerprint density at radius 2 is 1.94 bits per heavy atom. The predicted molar refractivity (Wildman–Crippen MR) is 137 cm³/mol. The van der Waals surface area contributed by atoms with E-state index in [4.69, 9.17) is 9.47 Å². The second-order valence-electron chi connectivity index (χ2n) is 7.90. The number of carbonyl (C=O) groups is 1. The van der Waals surface area contributed by atoms with Crippen LogP contribution in [0, 0.1) is 6.92 Å². The molecule has 5 rings (SSSR count). The number of nitrogens with zero attached hydrogens (tertiary/aromatic N) is 4. The lowest BCUT2D eigenvalue weighted by Gasteiger charge is -2.11. The van der Waals surface area contributed by atoms with Crippen molar-refractivity contribution in [3.05, 3.63) is 93.0 Å². The van der Waals surface area contributed by atoms with Gasteiger partial charge < -0.3 is 14.8 Å². The Morgan fingerprint density at radius 1 is 1.11 bits per heavy atom. The van der Waals surface area contributed by atoms with Gasteiger partial charge in [-0.15, -0.1) is 5.10 Å². The molecule has 0 unspecified atom stereocenters. The summed E-state index contributed by atoms with van der Waals surface area (Å²) in [7, 11) is 1.52. The van der Waals surface area contributed by atoms with Crippen LogP contribution < -0.4 is 24.9 Å². The maximum atomic E-state index is 12.9. The molecule has 0 fully saturated rings. The molecule has 0 atom stereocenters. The van der Waals surface area contributed by atoms with E-state index in [1.807, 2.05) is 31.2 Å². The van der Waals surface area contributed by atoms with Gasteiger partial charge in [0.05, 0.1) is 11.6 Å². The smallest absolute Gasteiger partial charge is 0.291 e. The molecule has 36 heavy (non-hydrogen) atoms. The van der Waals surface area contributed by atoms with Crippen LogP contribution in [0.1, 0.15) is 11.1 Å². The van der Waals surface area contributed by atoms with E-state index >= 15 is 0 Å². The zero-order valence-electron chi connectivity index (χ0n) is 19.5. The third-order valence-electron chi connectivity index (χ3n) is 5.27. The number of anilines is 1. The van der Waals surface area contributed by atoms with Crippen LogP contribution in [0.4, 0.5) is 5.69 Å². The molecule has 1 N–H and O–H groups in total. The molecule has 0 spiro atoms. The summed E-state index contributed by atoms with van der Waals surface area (Å²) < 4.78 is 12.9. The number of ether oxygens (including phenoxy) is 2. The number of pyridine rings is 1. The number of hydrogen-bond donors (Lipinski definition) is 1. The molecule has 3 heterocycles. The van der Waals surface area contributed by atoms with E-state index in [-0.39, 0.29) is 18.1 Å². The molecule has 0 radical (unpaired) electrons. The number of aromatic nitrogens is 4. The monoisotopic (exact) mass is 499 g/mol. The number of amides is 1. The average molecular weight is 500 g/mol. The number of nitrogens with one attached hydrogen (secondary N) is 1. The van der Waals surface area contributed by atoms with E-state index in [2.05, 4.69) is 20.4 Å². The summed E-state index contributed by atoms with van der Waals surface area (Å²) in [6, 6.07) is 16.3. The molecule has 0 saturated heterocycles. The molecule has 9 nitrogen and oxygen atoms in total. The summed E-state index contributed by atoms with van der Waals surface area (Å²) in [5, 5.41) is 7.14. The predicted octanol–water partition coefficient (Wildman–Crippen LogP) is 3.10. The van der Waals surface area contributed by atoms with E-state index in [9.17, 15) is 9.59 Å². The maximum Gasteiger partial charge on any atom is 0.291 e. The first kappa shape index (κ1) is 23.2. The van der Waals surface area contributed by atoms with Crippen LogP contribution in [0.5, 0.6) is 11.5 Å². The van der Waals surface area contributed by atoms with Gasteiger partial charge in [-0.3, -0.25) is 14.6 Å². The molecular weight excluding hydrogens is 478 g/mol. The summed E-state index contributed by atoms with van der Waals surface area (Å²) in [5.74, 6) is 1.05. The van der Waals surface area contributed by atoms with Crippen LogP contribution in [0.2, 0.25) is 0 Å². The van der Waals surface area contributed by atoms with Gasteiger partial charge in [0, 0.05) is 23.6 Å². The van der Waals surface area contributed by atoms with Crippen molar-refractivity contribution in [2.24, 2.45) is 0 Å². The van der Waals surface area contributed by atoms with Crippen molar-refractivity contribution >= 4 is 34.0 Å². The minimum absolute atomic E-state index is 0.175. The molecule has 0 aliphatic heterocycles. The molecule has 0 saturated carbocycles. The van der Waals surface area contributed by atoms with Crippen LogP contribution in [0.3, 0.4) is 0 Å². The van der Waals surface area contributed by atoms with Crippen LogP contribution in [-0.2, 0) is 4.79 Å². The van der Waals surface area contributed by atoms with Crippen molar-refractivity contribution in [3.8, 4) is 22.9 Å². The highest BCUT2D eigenvalue weighted by molar-refractivity contribution is 7.15. The van der Waals surface area contributed by atoms with Crippen molar-refractivity contribution in [1.29, 1.82) is 0 Å². The Hall–Kier alpha value is -4.57. The van der Waals surface area contributed by atoms with Gasteiger partial charge >= 0.3 is 0 Å². The van der Waals surface area contributed by atoms with Gasteiger partial charge in [0.15, 0.2) is 23.9 Å². The summed E-state index contributed by atoms with van der Waals surface area (Å²) in [6.07, 6.45) is 5.05. The number of aryl methyl sites for hydroxylation is 1. The summed E-state index contributed by atoms with van der Waals surface area (Å²) >= 11 is 1.25. The van der Waals surface area contributed by atoms with Gasteiger partial charge in [0.2, 0.25) is 4.96 Å². The third-order valence-corrected chi connectivity index (χ3v) is 6.23. The highest BCUT2D eigenvalue weighted by Gasteiger charge is 2.13. The highest BCUT2D eigenvalue weighted by Crippen LogP contribution is 2.28. The first-order chi connectivity index (χ1) is 17.5. The topological polar surface area (TPSA) is 108 Å². The Kier molecular flexibility index (Phi) is 6.42. The lowest BCUT2D eigenvalue weighted by molar-refractivity contribution is -0.118. The normalized spacial score (nSPS) is 11.6. The van der Waals surface area contributed by atoms with Gasteiger partial charge in [0.1, 0.15) is 0 Å². The molecule has 0 aliphatic rings. The van der Waals surface area contributed by atoms with E-state index < -0.39 is 0 Å². The van der Waals surface area contributed by atoms with Crippen molar-refractivity contribution in [1.82, 2.24) is 19.6 Å². The third kappa shape index (κ3) is 4.93. The minimum atomic E-state index is -0.283.